The van der Waals surface area contributed by atoms with Crippen molar-refractivity contribution in [2.75, 3.05) is 11.9 Å². The summed E-state index contributed by atoms with van der Waals surface area (Å²) in [4.78, 5) is 23.7. The molecule has 0 heterocycles. The molecule has 4 nitrogen and oxygen atoms in total. The van der Waals surface area contributed by atoms with Crippen molar-refractivity contribution in [2.45, 2.75) is 13.8 Å². The van der Waals surface area contributed by atoms with E-state index in [1.54, 1.807) is 6.07 Å². The van der Waals surface area contributed by atoms with Gasteiger partial charge in [0.2, 0.25) is 0 Å². The van der Waals surface area contributed by atoms with Gasteiger partial charge in [0.05, 0.1) is 10.6 Å². The minimum Gasteiger partial charge on any atom is -0.452 e. The summed E-state index contributed by atoms with van der Waals surface area (Å²) in [6.45, 7) is 3.54. The van der Waals surface area contributed by atoms with Crippen molar-refractivity contribution in [1.29, 1.82) is 0 Å². The summed E-state index contributed by atoms with van der Waals surface area (Å²) >= 11 is 11.7. The summed E-state index contributed by atoms with van der Waals surface area (Å²) in [6.07, 6.45) is 0. The van der Waals surface area contributed by atoms with Crippen LogP contribution in [0.4, 0.5) is 5.69 Å². The number of rotatable bonds is 4. The number of esters is 1. The Morgan fingerprint density at radius 2 is 1.78 bits per heavy atom. The molecule has 120 valence electrons. The maximum Gasteiger partial charge on any atom is 0.340 e. The first-order valence-electron chi connectivity index (χ1n) is 6.86. The second-order valence-electron chi connectivity index (χ2n) is 5.05. The van der Waals surface area contributed by atoms with Gasteiger partial charge in [-0.2, -0.15) is 0 Å². The zero-order valence-corrected chi connectivity index (χ0v) is 14.2. The maximum atomic E-state index is 11.9. The highest BCUT2D eigenvalue weighted by atomic mass is 35.5. The first kappa shape index (κ1) is 17.3. The molecule has 0 radical (unpaired) electrons. The molecule has 0 bridgehead atoms. The maximum absolute atomic E-state index is 11.9. The van der Waals surface area contributed by atoms with Crippen LogP contribution in [0, 0.1) is 13.8 Å². The van der Waals surface area contributed by atoms with Crippen molar-refractivity contribution in [3.8, 4) is 0 Å². The third-order valence-corrected chi connectivity index (χ3v) is 3.82. The summed E-state index contributed by atoms with van der Waals surface area (Å²) < 4.78 is 4.96. The normalized spacial score (nSPS) is 10.3. The van der Waals surface area contributed by atoms with Gasteiger partial charge in [0.15, 0.2) is 6.61 Å². The van der Waals surface area contributed by atoms with Crippen LogP contribution in [0.5, 0.6) is 0 Å². The highest BCUT2D eigenvalue weighted by molar-refractivity contribution is 6.36. The van der Waals surface area contributed by atoms with Crippen LogP contribution >= 0.6 is 23.2 Å². The Hall–Kier alpha value is -2.04. The van der Waals surface area contributed by atoms with Crippen LogP contribution in [-0.2, 0) is 9.53 Å². The molecule has 0 aliphatic heterocycles. The number of ether oxygens (including phenoxy) is 1. The number of carbonyl (C=O) groups excluding carboxylic acids is 2. The third kappa shape index (κ3) is 4.71. The fraction of sp³-hybridized carbons (Fsp3) is 0.176. The van der Waals surface area contributed by atoms with E-state index in [1.807, 2.05) is 26.0 Å². The van der Waals surface area contributed by atoms with E-state index in [0.29, 0.717) is 10.7 Å². The quantitative estimate of drug-likeness (QED) is 0.830. The summed E-state index contributed by atoms with van der Waals surface area (Å²) in [5.74, 6) is -1.10. The Bertz CT molecular complexity index is 759. The molecule has 0 fully saturated rings. The molecule has 23 heavy (non-hydrogen) atoms. The molecule has 1 amide bonds. The Kier molecular flexibility index (Phi) is 5.64. The molecule has 2 rings (SSSR count). The fourth-order valence-corrected chi connectivity index (χ4v) is 2.37. The van der Waals surface area contributed by atoms with E-state index in [-0.39, 0.29) is 10.6 Å². The number of carbonyl (C=O) groups is 2. The minimum absolute atomic E-state index is 0.162. The van der Waals surface area contributed by atoms with Crippen molar-refractivity contribution < 1.29 is 14.3 Å². The van der Waals surface area contributed by atoms with Gasteiger partial charge < -0.3 is 10.1 Å². The largest absolute Gasteiger partial charge is 0.452 e. The third-order valence-electron chi connectivity index (χ3n) is 3.28. The van der Waals surface area contributed by atoms with E-state index in [4.69, 9.17) is 27.9 Å². The molecule has 2 aromatic carbocycles. The lowest BCUT2D eigenvalue weighted by molar-refractivity contribution is -0.119. The van der Waals surface area contributed by atoms with E-state index in [1.165, 1.54) is 18.2 Å². The predicted molar refractivity (Wildman–Crippen MR) is 91.3 cm³/mol. The predicted octanol–water partition coefficient (Wildman–Crippen LogP) is 4.41. The second-order valence-corrected chi connectivity index (χ2v) is 5.89. The van der Waals surface area contributed by atoms with Gasteiger partial charge in [-0.1, -0.05) is 29.3 Å². The van der Waals surface area contributed by atoms with Crippen LogP contribution in [0.25, 0.3) is 0 Å². The summed E-state index contributed by atoms with van der Waals surface area (Å²) in [5, 5.41) is 3.26. The van der Waals surface area contributed by atoms with Crippen LogP contribution in [0.1, 0.15) is 21.5 Å². The molecule has 0 aromatic heterocycles. The molecule has 0 aliphatic carbocycles. The lowest BCUT2D eigenvalue weighted by Gasteiger charge is -2.09. The van der Waals surface area contributed by atoms with E-state index >= 15 is 0 Å². The number of anilines is 1. The van der Waals surface area contributed by atoms with Crippen molar-refractivity contribution in [3.63, 3.8) is 0 Å². The topological polar surface area (TPSA) is 55.4 Å². The molecule has 0 atom stereocenters. The molecule has 6 heteroatoms. The number of benzene rings is 2. The molecule has 0 aliphatic rings. The van der Waals surface area contributed by atoms with Gasteiger partial charge >= 0.3 is 5.97 Å². The smallest absolute Gasteiger partial charge is 0.340 e. The van der Waals surface area contributed by atoms with Crippen LogP contribution in [0.3, 0.4) is 0 Å². The SMILES string of the molecule is Cc1ccc(NC(=O)COC(=O)c2ccc(Cl)cc2Cl)cc1C. The van der Waals surface area contributed by atoms with Crippen molar-refractivity contribution in [3.05, 3.63) is 63.1 Å². The Labute approximate surface area is 144 Å². The zero-order chi connectivity index (χ0) is 17.0. The summed E-state index contributed by atoms with van der Waals surface area (Å²) in [5.41, 5.74) is 3.01. The molecular weight excluding hydrogens is 337 g/mol. The lowest BCUT2D eigenvalue weighted by atomic mass is 10.1. The lowest BCUT2D eigenvalue weighted by Crippen LogP contribution is -2.21. The average Bonchev–Trinajstić information content (AvgIpc) is 2.48. The van der Waals surface area contributed by atoms with Gasteiger partial charge in [-0.15, -0.1) is 0 Å². The van der Waals surface area contributed by atoms with Gasteiger partial charge in [-0.05, 0) is 55.3 Å². The van der Waals surface area contributed by atoms with Crippen LogP contribution in [0.2, 0.25) is 10.0 Å². The average molecular weight is 352 g/mol. The van der Waals surface area contributed by atoms with Crippen molar-refractivity contribution >= 4 is 40.8 Å². The standard InChI is InChI=1S/C17H15Cl2NO3/c1-10-3-5-13(7-11(10)2)20-16(21)9-23-17(22)14-6-4-12(18)8-15(14)19/h3-8H,9H2,1-2H3,(H,20,21). The fourth-order valence-electron chi connectivity index (χ4n) is 1.88. The molecule has 0 saturated carbocycles. The number of halogens is 2. The van der Waals surface area contributed by atoms with Crippen LogP contribution in [-0.4, -0.2) is 18.5 Å². The first-order chi connectivity index (χ1) is 10.9. The number of amides is 1. The van der Waals surface area contributed by atoms with E-state index in [2.05, 4.69) is 5.32 Å². The molecular formula is C17H15Cl2NO3. The van der Waals surface area contributed by atoms with Gasteiger partial charge in [0.1, 0.15) is 0 Å². The summed E-state index contributed by atoms with van der Waals surface area (Å²) in [6, 6.07) is 9.97. The number of hydrogen-bond acceptors (Lipinski definition) is 3. The number of nitrogens with one attached hydrogen (secondary N) is 1. The Morgan fingerprint density at radius 3 is 2.43 bits per heavy atom. The highest BCUT2D eigenvalue weighted by Gasteiger charge is 2.14. The van der Waals surface area contributed by atoms with Gasteiger partial charge in [-0.25, -0.2) is 4.79 Å². The number of aryl methyl sites for hydroxylation is 2. The molecule has 0 unspecified atom stereocenters. The van der Waals surface area contributed by atoms with Crippen molar-refractivity contribution in [2.24, 2.45) is 0 Å². The summed E-state index contributed by atoms with van der Waals surface area (Å²) in [7, 11) is 0. The monoisotopic (exact) mass is 351 g/mol. The minimum atomic E-state index is -0.679. The molecule has 2 aromatic rings. The number of hydrogen-bond donors (Lipinski definition) is 1. The molecule has 1 N–H and O–H groups in total. The van der Waals surface area contributed by atoms with Crippen LogP contribution < -0.4 is 5.32 Å². The Balaban J connectivity index is 1.93. The van der Waals surface area contributed by atoms with Crippen LogP contribution in [0.15, 0.2) is 36.4 Å². The van der Waals surface area contributed by atoms with Crippen molar-refractivity contribution in [1.82, 2.24) is 0 Å². The molecule has 0 spiro atoms. The van der Waals surface area contributed by atoms with Gasteiger partial charge in [0, 0.05) is 10.7 Å². The van der Waals surface area contributed by atoms with E-state index < -0.39 is 18.5 Å². The van der Waals surface area contributed by atoms with E-state index in [9.17, 15) is 9.59 Å². The molecule has 0 saturated heterocycles. The second kappa shape index (κ2) is 7.49. The highest BCUT2D eigenvalue weighted by Crippen LogP contribution is 2.21. The van der Waals surface area contributed by atoms with Gasteiger partial charge in [-0.3, -0.25) is 4.79 Å². The first-order valence-corrected chi connectivity index (χ1v) is 7.61. The Morgan fingerprint density at radius 1 is 1.04 bits per heavy atom. The zero-order valence-electron chi connectivity index (χ0n) is 12.7. The van der Waals surface area contributed by atoms with Gasteiger partial charge in [0.25, 0.3) is 5.91 Å². The van der Waals surface area contributed by atoms with E-state index in [0.717, 1.165) is 11.1 Å².